The second-order valence-corrected chi connectivity index (χ2v) is 9.40. The molecule has 12 heteroatoms. The zero-order valence-electron chi connectivity index (χ0n) is 18.8. The third-order valence-electron chi connectivity index (χ3n) is 6.37. The first kappa shape index (κ1) is 26.0. The molecule has 1 aliphatic carbocycles. The highest BCUT2D eigenvalue weighted by molar-refractivity contribution is 6.34. The molecule has 190 valence electrons. The van der Waals surface area contributed by atoms with E-state index in [1.807, 2.05) is 0 Å². The molecular formula is C24H21Cl2F3N4O3. The molecule has 2 aromatic rings. The molecular weight excluding hydrogens is 520 g/mol. The van der Waals surface area contributed by atoms with Crippen molar-refractivity contribution in [2.24, 2.45) is 0 Å². The average Bonchev–Trinajstić information content (AvgIpc) is 3.35. The van der Waals surface area contributed by atoms with Gasteiger partial charge in [-0.05, 0) is 60.9 Å². The topological polar surface area (TPSA) is 88.4 Å². The quantitative estimate of drug-likeness (QED) is 0.408. The van der Waals surface area contributed by atoms with Crippen LogP contribution in [0.1, 0.15) is 24.1 Å². The first-order chi connectivity index (χ1) is 17.1. The van der Waals surface area contributed by atoms with E-state index >= 15 is 13.2 Å². The van der Waals surface area contributed by atoms with Crippen LogP contribution in [-0.2, 0) is 16.8 Å². The number of nitrogens with one attached hydrogen (secondary N) is 1. The number of aromatic nitrogens is 1. The second kappa shape index (κ2) is 10.1. The van der Waals surface area contributed by atoms with Gasteiger partial charge in [-0.15, -0.1) is 0 Å². The number of hydrogen-bond donors (Lipinski definition) is 1. The van der Waals surface area contributed by atoms with E-state index in [1.54, 1.807) is 18.2 Å². The lowest BCUT2D eigenvalue weighted by Crippen LogP contribution is -2.61. The molecule has 1 saturated heterocycles. The van der Waals surface area contributed by atoms with Gasteiger partial charge in [-0.25, -0.2) is 0 Å². The van der Waals surface area contributed by atoms with Crippen molar-refractivity contribution in [1.82, 2.24) is 15.2 Å². The van der Waals surface area contributed by atoms with Crippen LogP contribution in [0.2, 0.25) is 10.0 Å². The number of benzene rings is 1. The third-order valence-corrected chi connectivity index (χ3v) is 6.81. The Morgan fingerprint density at radius 3 is 2.39 bits per heavy atom. The lowest BCUT2D eigenvalue weighted by molar-refractivity contribution is -0.532. The fourth-order valence-corrected chi connectivity index (χ4v) is 5.40. The van der Waals surface area contributed by atoms with Crippen molar-refractivity contribution >= 4 is 29.1 Å². The first-order valence-electron chi connectivity index (χ1n) is 11.1. The number of allylic oxidation sites excluding steroid dienone is 2. The van der Waals surface area contributed by atoms with E-state index in [0.29, 0.717) is 18.5 Å². The van der Waals surface area contributed by atoms with Gasteiger partial charge in [0.1, 0.15) is 0 Å². The molecule has 2 unspecified atom stereocenters. The number of alkyl halides is 3. The van der Waals surface area contributed by atoms with Gasteiger partial charge in [0.05, 0.1) is 17.8 Å². The van der Waals surface area contributed by atoms with E-state index in [2.05, 4.69) is 10.3 Å². The Morgan fingerprint density at radius 1 is 1.17 bits per heavy atom. The summed E-state index contributed by atoms with van der Waals surface area (Å²) < 4.78 is 46.0. The van der Waals surface area contributed by atoms with Gasteiger partial charge in [-0.3, -0.25) is 19.9 Å². The van der Waals surface area contributed by atoms with E-state index in [-0.39, 0.29) is 35.4 Å². The second-order valence-electron chi connectivity index (χ2n) is 8.52. The van der Waals surface area contributed by atoms with Crippen molar-refractivity contribution < 1.29 is 22.9 Å². The molecule has 1 aliphatic heterocycles. The van der Waals surface area contributed by atoms with Gasteiger partial charge in [0.2, 0.25) is 5.41 Å². The number of nitrogens with zero attached hydrogens (tertiary/aromatic N) is 3. The number of carbonyl (C=O) groups excluding carboxylic acids is 1. The summed E-state index contributed by atoms with van der Waals surface area (Å²) in [4.78, 5) is 30.1. The highest BCUT2D eigenvalue weighted by atomic mass is 35.5. The minimum absolute atomic E-state index is 0.111. The van der Waals surface area contributed by atoms with Crippen molar-refractivity contribution in [3.63, 3.8) is 0 Å². The third kappa shape index (κ3) is 4.67. The Kier molecular flexibility index (Phi) is 7.28. The first-order valence-corrected chi connectivity index (χ1v) is 11.8. The highest BCUT2D eigenvalue weighted by Gasteiger charge is 2.71. The van der Waals surface area contributed by atoms with Crippen LogP contribution >= 0.6 is 23.2 Å². The number of hydrogen-bond acceptors (Lipinski definition) is 5. The molecule has 0 radical (unpaired) electrons. The summed E-state index contributed by atoms with van der Waals surface area (Å²) in [5, 5.41) is 14.7. The van der Waals surface area contributed by atoms with Gasteiger partial charge < -0.3 is 10.2 Å². The van der Waals surface area contributed by atoms with E-state index in [1.165, 1.54) is 17.2 Å². The number of likely N-dealkylation sites (tertiary alicyclic amines) is 1. The number of pyridine rings is 1. The molecule has 36 heavy (non-hydrogen) atoms. The van der Waals surface area contributed by atoms with Crippen molar-refractivity contribution in [2.45, 2.75) is 37.0 Å². The Balaban J connectivity index is 1.90. The van der Waals surface area contributed by atoms with Crippen molar-refractivity contribution in [3.05, 3.63) is 97.4 Å². The maximum absolute atomic E-state index is 15.3. The minimum atomic E-state index is -5.19. The smallest absolute Gasteiger partial charge is 0.374 e. The molecule has 2 heterocycles. The largest absolute Gasteiger partial charge is 0.410 e. The van der Waals surface area contributed by atoms with Crippen molar-refractivity contribution in [1.29, 1.82) is 0 Å². The van der Waals surface area contributed by atoms with Crippen LogP contribution in [0, 0.1) is 10.1 Å². The number of carbonyl (C=O) groups is 1. The fourth-order valence-electron chi connectivity index (χ4n) is 4.88. The Morgan fingerprint density at radius 2 is 1.83 bits per heavy atom. The lowest BCUT2D eigenvalue weighted by Gasteiger charge is -2.44. The van der Waals surface area contributed by atoms with E-state index in [9.17, 15) is 14.9 Å². The summed E-state index contributed by atoms with van der Waals surface area (Å²) >= 11 is 12.2. The Bertz CT molecular complexity index is 1210. The molecule has 1 amide bonds. The molecule has 1 aromatic heterocycles. The fraction of sp³-hybridized carbons (Fsp3) is 0.333. The molecule has 1 N–H and O–H groups in total. The molecule has 0 spiro atoms. The zero-order chi connectivity index (χ0) is 26.1. The van der Waals surface area contributed by atoms with Crippen molar-refractivity contribution in [2.75, 3.05) is 13.1 Å². The Labute approximate surface area is 214 Å². The van der Waals surface area contributed by atoms with Gasteiger partial charge in [-0.1, -0.05) is 29.3 Å². The molecule has 1 fully saturated rings. The van der Waals surface area contributed by atoms with Gasteiger partial charge >= 0.3 is 6.18 Å². The van der Waals surface area contributed by atoms with E-state index in [0.717, 1.165) is 24.3 Å². The van der Waals surface area contributed by atoms with Gasteiger partial charge in [-0.2, -0.15) is 13.2 Å². The van der Waals surface area contributed by atoms with Gasteiger partial charge in [0.25, 0.3) is 11.9 Å². The maximum atomic E-state index is 15.3. The molecule has 1 aromatic carbocycles. The zero-order valence-corrected chi connectivity index (χ0v) is 20.3. The lowest BCUT2D eigenvalue weighted by atomic mass is 9.65. The van der Waals surface area contributed by atoms with Crippen LogP contribution in [0.5, 0.6) is 0 Å². The predicted octanol–water partition coefficient (Wildman–Crippen LogP) is 5.07. The SMILES string of the molecule is O=C(NCc1ccccn1)C1=CC=C(N2CCCC2)C(c2cc(Cl)cc(Cl)c2)(C(F)(F)F)C1[N+](=O)[O-]. The maximum Gasteiger partial charge on any atom is 0.410 e. The van der Waals surface area contributed by atoms with E-state index in [4.69, 9.17) is 23.2 Å². The summed E-state index contributed by atoms with van der Waals surface area (Å²) in [5.41, 5.74) is -4.21. The standard InChI is InChI=1S/C24H21Cl2F3N4O3/c25-16-11-15(12-17(26)13-16)23(24(27,28)29)20(32-9-3-4-10-32)7-6-19(21(23)33(35)36)22(34)31-14-18-5-1-2-8-30-18/h1-2,5-8,11-13,21H,3-4,9-10,14H2,(H,31,34). The molecule has 4 rings (SSSR count). The normalized spacial score (nSPS) is 22.1. The van der Waals surface area contributed by atoms with Crippen LogP contribution in [0.25, 0.3) is 0 Å². The average molecular weight is 541 g/mol. The van der Waals surface area contributed by atoms with Crippen LogP contribution in [-0.4, -0.2) is 46.0 Å². The number of amides is 1. The van der Waals surface area contributed by atoms with Gasteiger partial charge in [0.15, 0.2) is 0 Å². The summed E-state index contributed by atoms with van der Waals surface area (Å²) in [6.45, 7) is 0.459. The molecule has 2 atom stereocenters. The number of halogens is 5. The number of rotatable bonds is 6. The summed E-state index contributed by atoms with van der Waals surface area (Å²) in [7, 11) is 0. The molecule has 2 aliphatic rings. The monoisotopic (exact) mass is 540 g/mol. The molecule has 0 bridgehead atoms. The Hall–Kier alpha value is -3.11. The summed E-state index contributed by atoms with van der Waals surface area (Å²) in [6, 6.07) is 5.76. The van der Waals surface area contributed by atoms with Crippen LogP contribution in [0.4, 0.5) is 13.2 Å². The minimum Gasteiger partial charge on any atom is -0.374 e. The molecule has 7 nitrogen and oxygen atoms in total. The number of nitro groups is 1. The van der Waals surface area contributed by atoms with E-state index < -0.39 is 39.6 Å². The van der Waals surface area contributed by atoms with Crippen LogP contribution in [0.15, 0.2) is 66.0 Å². The summed E-state index contributed by atoms with van der Waals surface area (Å²) in [6.07, 6.45) is -0.177. The highest BCUT2D eigenvalue weighted by Crippen LogP contribution is 2.55. The molecule has 0 saturated carbocycles. The van der Waals surface area contributed by atoms with Crippen LogP contribution < -0.4 is 5.32 Å². The van der Waals surface area contributed by atoms with Crippen molar-refractivity contribution in [3.8, 4) is 0 Å². The van der Waals surface area contributed by atoms with Crippen LogP contribution in [0.3, 0.4) is 0 Å². The van der Waals surface area contributed by atoms with Gasteiger partial charge in [0, 0.05) is 40.0 Å². The predicted molar refractivity (Wildman–Crippen MR) is 128 cm³/mol. The summed E-state index contributed by atoms with van der Waals surface area (Å²) in [5.74, 6) is -0.999.